The summed E-state index contributed by atoms with van der Waals surface area (Å²) in [5.74, 6) is -4.67. The van der Waals surface area contributed by atoms with Gasteiger partial charge in [0.25, 0.3) is 0 Å². The molecule has 0 aromatic heterocycles. The number of carbonyl (C=O) groups excluding carboxylic acids is 7. The molecule has 0 aliphatic heterocycles. The molecule has 0 saturated carbocycles. The minimum atomic E-state index is -1.59. The normalized spacial score (nSPS) is 14.3. The lowest BCUT2D eigenvalue weighted by Crippen LogP contribution is -2.60. The number of rotatable bonds is 22. The van der Waals surface area contributed by atoms with Crippen molar-refractivity contribution in [2.75, 3.05) is 13.7 Å². The molecule has 51 heavy (non-hydrogen) atoms. The van der Waals surface area contributed by atoms with Gasteiger partial charge in [0.05, 0.1) is 0 Å². The number of hydrogen-bond acceptors (Lipinski definition) is 10. The second-order valence-corrected chi connectivity index (χ2v) is 12.5. The summed E-state index contributed by atoms with van der Waals surface area (Å²) in [5, 5.41) is 12.7. The first-order valence-corrected chi connectivity index (χ1v) is 17.2. The molecule has 15 heteroatoms. The lowest BCUT2D eigenvalue weighted by Gasteiger charge is -2.30. The zero-order valence-electron chi connectivity index (χ0n) is 30.7. The van der Waals surface area contributed by atoms with Gasteiger partial charge >= 0.3 is 18.0 Å². The van der Waals surface area contributed by atoms with Crippen molar-refractivity contribution in [3.63, 3.8) is 0 Å². The maximum Gasteiger partial charge on any atom is 0.408 e. The van der Waals surface area contributed by atoms with Crippen LogP contribution >= 0.6 is 0 Å². The SMILES string of the molecule is C=CCOC(=O)NC(C(=O)OC(C)C(NC(=O)C(CCC(=O)NC)NC(=O)CC)C(=O)NC(CC(C)C)C(=O)OCc1ccccc1)C(C)CC. The monoisotopic (exact) mass is 717 g/mol. The minimum Gasteiger partial charge on any atom is -0.459 e. The molecular weight excluding hydrogens is 662 g/mol. The standard InChI is InChI=1S/C36H55N5O10/c1-9-19-49-36(48)41-30(23(6)10-2)35(47)51-24(7)31(40-32(44)26(38-28(42)11-3)17-18-29(43)37-8)33(45)39-27(20-22(4)5)34(46)50-21-25-15-13-12-14-16-25/h9,12-16,22-24,26-27,30-31H,1,10-11,17-21H2,2-8H3,(H,37,43)(H,38,42)(H,39,45)(H,40,44)(H,41,48). The Balaban J connectivity index is 3.43. The van der Waals surface area contributed by atoms with Gasteiger partial charge < -0.3 is 40.8 Å². The van der Waals surface area contributed by atoms with Crippen molar-refractivity contribution in [2.24, 2.45) is 11.8 Å². The van der Waals surface area contributed by atoms with Crippen LogP contribution in [0.15, 0.2) is 43.0 Å². The average molecular weight is 718 g/mol. The van der Waals surface area contributed by atoms with Crippen LogP contribution < -0.4 is 26.6 Å². The van der Waals surface area contributed by atoms with Gasteiger partial charge in [0.2, 0.25) is 23.6 Å². The third kappa shape index (κ3) is 16.5. The number of ether oxygens (including phenoxy) is 3. The number of carbonyl (C=O) groups is 7. The van der Waals surface area contributed by atoms with Crippen LogP contribution in [0, 0.1) is 11.8 Å². The zero-order valence-corrected chi connectivity index (χ0v) is 30.7. The van der Waals surface area contributed by atoms with E-state index in [1.54, 1.807) is 45.0 Å². The Labute approximate surface area is 300 Å². The second kappa shape index (κ2) is 23.5. The van der Waals surface area contributed by atoms with Gasteiger partial charge in [0.15, 0.2) is 0 Å². The van der Waals surface area contributed by atoms with Gasteiger partial charge in [-0.1, -0.05) is 84.0 Å². The van der Waals surface area contributed by atoms with E-state index in [9.17, 15) is 33.6 Å². The van der Waals surface area contributed by atoms with E-state index in [1.165, 1.54) is 20.0 Å². The molecule has 5 amide bonds. The van der Waals surface area contributed by atoms with Gasteiger partial charge in [0.1, 0.15) is 43.5 Å². The summed E-state index contributed by atoms with van der Waals surface area (Å²) in [6.45, 7) is 13.5. The van der Waals surface area contributed by atoms with E-state index in [2.05, 4.69) is 33.2 Å². The fraction of sp³-hybridized carbons (Fsp3) is 0.583. The number of alkyl carbamates (subject to hydrolysis) is 1. The van der Waals surface area contributed by atoms with E-state index >= 15 is 0 Å². The molecule has 1 aromatic carbocycles. The highest BCUT2D eigenvalue weighted by Crippen LogP contribution is 2.15. The second-order valence-electron chi connectivity index (χ2n) is 12.5. The molecular formula is C36H55N5O10. The zero-order chi connectivity index (χ0) is 38.5. The number of esters is 2. The van der Waals surface area contributed by atoms with Crippen molar-refractivity contribution in [1.82, 2.24) is 26.6 Å². The molecule has 0 radical (unpaired) electrons. The Morgan fingerprint density at radius 1 is 0.784 bits per heavy atom. The minimum absolute atomic E-state index is 0.0400. The third-order valence-corrected chi connectivity index (χ3v) is 7.87. The van der Waals surface area contributed by atoms with E-state index in [0.717, 1.165) is 5.56 Å². The summed E-state index contributed by atoms with van der Waals surface area (Å²) in [6, 6.07) is 3.83. The smallest absolute Gasteiger partial charge is 0.408 e. The van der Waals surface area contributed by atoms with Crippen molar-refractivity contribution < 1.29 is 47.8 Å². The number of amides is 5. The maximum absolute atomic E-state index is 14.0. The summed E-state index contributed by atoms with van der Waals surface area (Å²) < 4.78 is 16.1. The van der Waals surface area contributed by atoms with Crippen molar-refractivity contribution in [3.05, 3.63) is 48.6 Å². The largest absolute Gasteiger partial charge is 0.459 e. The molecule has 0 aliphatic rings. The highest BCUT2D eigenvalue weighted by atomic mass is 16.6. The van der Waals surface area contributed by atoms with E-state index in [-0.39, 0.29) is 50.7 Å². The first-order chi connectivity index (χ1) is 24.2. The average Bonchev–Trinajstić information content (AvgIpc) is 3.11. The molecule has 0 fully saturated rings. The molecule has 15 nitrogen and oxygen atoms in total. The summed E-state index contributed by atoms with van der Waals surface area (Å²) >= 11 is 0. The van der Waals surface area contributed by atoms with E-state index in [4.69, 9.17) is 14.2 Å². The van der Waals surface area contributed by atoms with Crippen LogP contribution in [0.25, 0.3) is 0 Å². The Morgan fingerprint density at radius 3 is 2.02 bits per heavy atom. The van der Waals surface area contributed by atoms with E-state index in [1.807, 2.05) is 19.9 Å². The Bertz CT molecular complexity index is 1320. The molecule has 0 spiro atoms. The van der Waals surface area contributed by atoms with Gasteiger partial charge in [-0.05, 0) is 37.2 Å². The van der Waals surface area contributed by atoms with Crippen molar-refractivity contribution in [1.29, 1.82) is 0 Å². The Morgan fingerprint density at radius 2 is 1.45 bits per heavy atom. The van der Waals surface area contributed by atoms with E-state index in [0.29, 0.717) is 6.42 Å². The van der Waals surface area contributed by atoms with Crippen LogP contribution in [0.4, 0.5) is 4.79 Å². The lowest BCUT2D eigenvalue weighted by atomic mass is 9.99. The first kappa shape index (κ1) is 44.1. The quantitative estimate of drug-likeness (QED) is 0.0673. The number of benzene rings is 1. The van der Waals surface area contributed by atoms with Crippen molar-refractivity contribution in [2.45, 2.75) is 111 Å². The van der Waals surface area contributed by atoms with Gasteiger partial charge in [-0.25, -0.2) is 14.4 Å². The van der Waals surface area contributed by atoms with Gasteiger partial charge in [-0.2, -0.15) is 0 Å². The van der Waals surface area contributed by atoms with Crippen LogP contribution in [0.3, 0.4) is 0 Å². The molecule has 6 unspecified atom stereocenters. The predicted molar refractivity (Wildman–Crippen MR) is 189 cm³/mol. The summed E-state index contributed by atoms with van der Waals surface area (Å²) in [7, 11) is 1.43. The molecule has 0 heterocycles. The van der Waals surface area contributed by atoms with Crippen LogP contribution in [0.2, 0.25) is 0 Å². The summed E-state index contributed by atoms with van der Waals surface area (Å²) in [4.78, 5) is 90.9. The summed E-state index contributed by atoms with van der Waals surface area (Å²) in [6.07, 6.45) is -0.418. The molecule has 5 N–H and O–H groups in total. The van der Waals surface area contributed by atoms with Crippen LogP contribution in [-0.2, 0) is 49.6 Å². The molecule has 1 aromatic rings. The van der Waals surface area contributed by atoms with Crippen LogP contribution in [0.5, 0.6) is 0 Å². The van der Waals surface area contributed by atoms with Crippen molar-refractivity contribution in [3.8, 4) is 0 Å². The molecule has 0 aliphatic carbocycles. The molecule has 0 saturated heterocycles. The maximum atomic E-state index is 14.0. The van der Waals surface area contributed by atoms with Gasteiger partial charge in [0, 0.05) is 19.9 Å². The fourth-order valence-electron chi connectivity index (χ4n) is 4.69. The van der Waals surface area contributed by atoms with Crippen molar-refractivity contribution >= 4 is 41.7 Å². The molecule has 284 valence electrons. The van der Waals surface area contributed by atoms with E-state index < -0.39 is 71.9 Å². The highest BCUT2D eigenvalue weighted by molar-refractivity contribution is 5.94. The van der Waals surface area contributed by atoms with Gasteiger partial charge in [-0.15, -0.1) is 0 Å². The fourth-order valence-corrected chi connectivity index (χ4v) is 4.69. The molecule has 0 bridgehead atoms. The van der Waals surface area contributed by atoms with Crippen LogP contribution in [0.1, 0.15) is 79.2 Å². The lowest BCUT2D eigenvalue weighted by molar-refractivity contribution is -0.157. The van der Waals surface area contributed by atoms with Crippen LogP contribution in [-0.4, -0.2) is 85.6 Å². The molecule has 1 rings (SSSR count). The molecule has 6 atom stereocenters. The Hall–Kier alpha value is -4.95. The first-order valence-electron chi connectivity index (χ1n) is 17.2. The predicted octanol–water partition coefficient (Wildman–Crippen LogP) is 2.43. The third-order valence-electron chi connectivity index (χ3n) is 7.87. The highest BCUT2D eigenvalue weighted by Gasteiger charge is 2.37. The van der Waals surface area contributed by atoms with Gasteiger partial charge in [-0.3, -0.25) is 19.2 Å². The number of nitrogens with one attached hydrogen (secondary N) is 5. The number of hydrogen-bond donors (Lipinski definition) is 5. The Kier molecular flexibility index (Phi) is 20.3. The summed E-state index contributed by atoms with van der Waals surface area (Å²) in [5.41, 5.74) is 0.737. The topological polar surface area (TPSA) is 207 Å².